The average molecular weight is 310 g/mol. The normalized spacial score (nSPS) is 18.7. The van der Waals surface area contributed by atoms with Gasteiger partial charge in [-0.25, -0.2) is 13.1 Å². The molecule has 4 nitrogen and oxygen atoms in total. The quantitative estimate of drug-likeness (QED) is 0.842. The Balaban J connectivity index is 2.45. The van der Waals surface area contributed by atoms with Gasteiger partial charge in [-0.15, -0.1) is 0 Å². The standard InChI is InChI=1S/C16H26N2O2S/c1-11-10-14(17)13(3)15(12(11)2)21(19,20)18-16(4)8-6-5-7-9-16/h10,18H,5-9,17H2,1-4H3. The van der Waals surface area contributed by atoms with E-state index in [2.05, 4.69) is 4.72 Å². The van der Waals surface area contributed by atoms with Crippen molar-refractivity contribution in [2.75, 3.05) is 5.73 Å². The van der Waals surface area contributed by atoms with Crippen LogP contribution < -0.4 is 10.5 Å². The van der Waals surface area contributed by atoms with Crippen molar-refractivity contribution in [1.29, 1.82) is 0 Å². The summed E-state index contributed by atoms with van der Waals surface area (Å²) in [6.07, 6.45) is 5.13. The molecule has 1 aromatic carbocycles. The molecule has 1 aliphatic carbocycles. The number of nitrogens with one attached hydrogen (secondary N) is 1. The Morgan fingerprint density at radius 2 is 1.67 bits per heavy atom. The Hall–Kier alpha value is -1.07. The minimum Gasteiger partial charge on any atom is -0.398 e. The van der Waals surface area contributed by atoms with E-state index >= 15 is 0 Å². The third-order valence-electron chi connectivity index (χ3n) is 4.68. The first kappa shape index (κ1) is 16.3. The van der Waals surface area contributed by atoms with Crippen molar-refractivity contribution in [3.05, 3.63) is 22.8 Å². The molecular weight excluding hydrogens is 284 g/mol. The van der Waals surface area contributed by atoms with E-state index in [-0.39, 0.29) is 5.54 Å². The van der Waals surface area contributed by atoms with Gasteiger partial charge in [0.1, 0.15) is 0 Å². The van der Waals surface area contributed by atoms with Crippen LogP contribution in [0.5, 0.6) is 0 Å². The summed E-state index contributed by atoms with van der Waals surface area (Å²) < 4.78 is 28.7. The second kappa shape index (κ2) is 5.61. The van der Waals surface area contributed by atoms with Crippen molar-refractivity contribution in [3.8, 4) is 0 Å². The average Bonchev–Trinajstić information content (AvgIpc) is 2.36. The smallest absolute Gasteiger partial charge is 0.241 e. The first-order valence-corrected chi connectivity index (χ1v) is 9.05. The van der Waals surface area contributed by atoms with Crippen molar-refractivity contribution >= 4 is 15.7 Å². The molecule has 1 saturated carbocycles. The number of nitrogens with two attached hydrogens (primary N) is 1. The van der Waals surface area contributed by atoms with Gasteiger partial charge in [-0.1, -0.05) is 19.3 Å². The zero-order chi connectivity index (χ0) is 15.8. The minimum absolute atomic E-state index is 0.339. The SMILES string of the molecule is Cc1cc(N)c(C)c(S(=O)(=O)NC2(C)CCCCC2)c1C. The fraction of sp³-hybridized carbons (Fsp3) is 0.625. The Kier molecular flexibility index (Phi) is 4.36. The lowest BCUT2D eigenvalue weighted by atomic mass is 9.84. The topological polar surface area (TPSA) is 72.2 Å². The van der Waals surface area contributed by atoms with Crippen molar-refractivity contribution in [2.24, 2.45) is 0 Å². The third-order valence-corrected chi connectivity index (χ3v) is 6.60. The highest BCUT2D eigenvalue weighted by molar-refractivity contribution is 7.89. The zero-order valence-corrected chi connectivity index (χ0v) is 14.2. The summed E-state index contributed by atoms with van der Waals surface area (Å²) in [5.41, 5.74) is 8.50. The fourth-order valence-corrected chi connectivity index (χ4v) is 5.29. The van der Waals surface area contributed by atoms with Crippen LogP contribution in [-0.2, 0) is 10.0 Å². The van der Waals surface area contributed by atoms with Crippen molar-refractivity contribution in [1.82, 2.24) is 4.72 Å². The van der Waals surface area contributed by atoms with Crippen LogP contribution in [0.15, 0.2) is 11.0 Å². The second-order valence-electron chi connectivity index (χ2n) is 6.59. The molecule has 1 fully saturated rings. The van der Waals surface area contributed by atoms with Gasteiger partial charge in [0, 0.05) is 11.2 Å². The van der Waals surface area contributed by atoms with E-state index in [0.717, 1.165) is 36.8 Å². The Morgan fingerprint density at radius 3 is 2.24 bits per heavy atom. The van der Waals surface area contributed by atoms with Gasteiger partial charge in [0.05, 0.1) is 4.90 Å². The summed E-state index contributed by atoms with van der Waals surface area (Å²) in [4.78, 5) is 0.354. The minimum atomic E-state index is -3.55. The van der Waals surface area contributed by atoms with Gasteiger partial charge in [0.15, 0.2) is 0 Å². The van der Waals surface area contributed by atoms with Crippen LogP contribution in [0.1, 0.15) is 55.7 Å². The van der Waals surface area contributed by atoms with Gasteiger partial charge in [-0.05, 0) is 63.3 Å². The van der Waals surface area contributed by atoms with Crippen LogP contribution in [0, 0.1) is 20.8 Å². The molecule has 2 rings (SSSR count). The van der Waals surface area contributed by atoms with Crippen LogP contribution in [0.25, 0.3) is 0 Å². The van der Waals surface area contributed by atoms with Gasteiger partial charge >= 0.3 is 0 Å². The van der Waals surface area contributed by atoms with Gasteiger partial charge in [0.25, 0.3) is 0 Å². The summed E-state index contributed by atoms with van der Waals surface area (Å²) in [5.74, 6) is 0. The van der Waals surface area contributed by atoms with E-state index in [9.17, 15) is 8.42 Å². The van der Waals surface area contributed by atoms with Gasteiger partial charge < -0.3 is 5.73 Å². The maximum absolute atomic E-state index is 12.9. The van der Waals surface area contributed by atoms with E-state index in [1.165, 1.54) is 6.42 Å². The van der Waals surface area contributed by atoms with Gasteiger partial charge in [-0.3, -0.25) is 0 Å². The highest BCUT2D eigenvalue weighted by Crippen LogP contribution is 2.32. The Morgan fingerprint density at radius 1 is 1.10 bits per heavy atom. The van der Waals surface area contributed by atoms with Crippen LogP contribution in [0.2, 0.25) is 0 Å². The molecule has 5 heteroatoms. The molecule has 118 valence electrons. The predicted molar refractivity (Wildman–Crippen MR) is 86.9 cm³/mol. The number of anilines is 1. The van der Waals surface area contributed by atoms with Crippen molar-refractivity contribution < 1.29 is 8.42 Å². The number of benzene rings is 1. The second-order valence-corrected chi connectivity index (χ2v) is 8.21. The molecule has 0 aliphatic heterocycles. The number of aryl methyl sites for hydroxylation is 1. The van der Waals surface area contributed by atoms with Gasteiger partial charge in [0.2, 0.25) is 10.0 Å². The lowest BCUT2D eigenvalue weighted by Crippen LogP contribution is -2.47. The number of hydrogen-bond donors (Lipinski definition) is 2. The summed E-state index contributed by atoms with van der Waals surface area (Å²) in [7, 11) is -3.55. The van der Waals surface area contributed by atoms with E-state index in [4.69, 9.17) is 5.73 Å². The summed E-state index contributed by atoms with van der Waals surface area (Å²) in [6.45, 7) is 7.53. The van der Waals surface area contributed by atoms with Crippen LogP contribution in [-0.4, -0.2) is 14.0 Å². The molecular formula is C16H26N2O2S. The van der Waals surface area contributed by atoms with E-state index < -0.39 is 10.0 Å². The summed E-state index contributed by atoms with van der Waals surface area (Å²) in [6, 6.07) is 1.84. The van der Waals surface area contributed by atoms with Crippen LogP contribution >= 0.6 is 0 Å². The molecule has 0 saturated heterocycles. The monoisotopic (exact) mass is 310 g/mol. The molecule has 0 bridgehead atoms. The first-order valence-electron chi connectivity index (χ1n) is 7.56. The molecule has 0 atom stereocenters. The predicted octanol–water partition coefficient (Wildman–Crippen LogP) is 3.20. The first-order chi connectivity index (χ1) is 9.66. The molecule has 3 N–H and O–H groups in total. The van der Waals surface area contributed by atoms with Crippen LogP contribution in [0.4, 0.5) is 5.69 Å². The largest absolute Gasteiger partial charge is 0.398 e. The maximum Gasteiger partial charge on any atom is 0.241 e. The molecule has 0 unspecified atom stereocenters. The highest BCUT2D eigenvalue weighted by Gasteiger charge is 2.33. The van der Waals surface area contributed by atoms with E-state index in [1.807, 2.05) is 26.8 Å². The lowest BCUT2D eigenvalue weighted by Gasteiger charge is -2.34. The zero-order valence-electron chi connectivity index (χ0n) is 13.4. The fourth-order valence-electron chi connectivity index (χ4n) is 3.25. The van der Waals surface area contributed by atoms with E-state index in [0.29, 0.717) is 16.1 Å². The third kappa shape index (κ3) is 3.24. The Labute approximate surface area is 128 Å². The number of nitrogen functional groups attached to an aromatic ring is 1. The molecule has 0 radical (unpaired) electrons. The number of sulfonamides is 1. The maximum atomic E-state index is 12.9. The highest BCUT2D eigenvalue weighted by atomic mass is 32.2. The summed E-state index contributed by atoms with van der Waals surface area (Å²) in [5, 5.41) is 0. The van der Waals surface area contributed by atoms with E-state index in [1.54, 1.807) is 6.92 Å². The molecule has 1 aliphatic rings. The molecule has 0 aromatic heterocycles. The summed E-state index contributed by atoms with van der Waals surface area (Å²) >= 11 is 0. The Bertz CT molecular complexity index is 618. The molecule has 0 heterocycles. The number of hydrogen-bond acceptors (Lipinski definition) is 3. The molecule has 0 spiro atoms. The molecule has 0 amide bonds. The molecule has 21 heavy (non-hydrogen) atoms. The lowest BCUT2D eigenvalue weighted by molar-refractivity contribution is 0.294. The van der Waals surface area contributed by atoms with Crippen LogP contribution in [0.3, 0.4) is 0 Å². The number of rotatable bonds is 3. The van der Waals surface area contributed by atoms with Crippen molar-refractivity contribution in [3.63, 3.8) is 0 Å². The van der Waals surface area contributed by atoms with Crippen molar-refractivity contribution in [2.45, 2.75) is 70.2 Å². The molecule has 1 aromatic rings. The van der Waals surface area contributed by atoms with Gasteiger partial charge in [-0.2, -0.15) is 0 Å².